The highest BCUT2D eigenvalue weighted by Crippen LogP contribution is 2.41. The summed E-state index contributed by atoms with van der Waals surface area (Å²) in [4.78, 5) is 4.35. The molecule has 1 aliphatic rings. The summed E-state index contributed by atoms with van der Waals surface area (Å²) in [5.74, 6) is 0.893. The van der Waals surface area contributed by atoms with Gasteiger partial charge in [-0.25, -0.2) is 9.38 Å². The summed E-state index contributed by atoms with van der Waals surface area (Å²) in [7, 11) is 0. The van der Waals surface area contributed by atoms with E-state index < -0.39 is 0 Å². The molecule has 0 radical (unpaired) electrons. The fourth-order valence-corrected chi connectivity index (χ4v) is 2.13. The van der Waals surface area contributed by atoms with Crippen LogP contribution in [0.1, 0.15) is 24.8 Å². The van der Waals surface area contributed by atoms with Crippen LogP contribution in [0.5, 0.6) is 0 Å². The highest BCUT2D eigenvalue weighted by Gasteiger charge is 2.40. The third-order valence-corrected chi connectivity index (χ3v) is 3.14. The van der Waals surface area contributed by atoms with Crippen molar-refractivity contribution in [3.05, 3.63) is 48.3 Å². The van der Waals surface area contributed by atoms with E-state index in [1.54, 1.807) is 12.1 Å². The van der Waals surface area contributed by atoms with Gasteiger partial charge >= 0.3 is 0 Å². The first-order valence-corrected chi connectivity index (χ1v) is 6.66. The minimum atomic E-state index is -0.121. The van der Waals surface area contributed by atoms with Crippen LogP contribution in [-0.4, -0.2) is 25.1 Å². The molecule has 4 heteroatoms. The molecule has 19 heavy (non-hydrogen) atoms. The molecule has 0 aromatic heterocycles. The molecule has 2 atom stereocenters. The molecule has 2 N–H and O–H groups in total. The molecule has 0 saturated heterocycles. The molecule has 1 aromatic rings. The molecule has 0 aliphatic heterocycles. The van der Waals surface area contributed by atoms with E-state index in [4.69, 9.17) is 0 Å². The van der Waals surface area contributed by atoms with Crippen LogP contribution in [-0.2, 0) is 0 Å². The van der Waals surface area contributed by atoms with Crippen LogP contribution in [0.3, 0.4) is 0 Å². The molecule has 1 aromatic carbocycles. The van der Waals surface area contributed by atoms with Gasteiger partial charge in [0, 0.05) is 18.5 Å². The van der Waals surface area contributed by atoms with Gasteiger partial charge in [0.2, 0.25) is 0 Å². The molecular weight excluding hydrogens is 241 g/mol. The minimum Gasteiger partial charge on any atom is -0.357 e. The van der Waals surface area contributed by atoms with Gasteiger partial charge in [-0.2, -0.15) is 0 Å². The third kappa shape index (κ3) is 3.56. The van der Waals surface area contributed by atoms with Crippen LogP contribution in [0, 0.1) is 5.82 Å². The lowest BCUT2D eigenvalue weighted by atomic mass is 10.1. The first-order chi connectivity index (χ1) is 9.26. The van der Waals surface area contributed by atoms with Crippen molar-refractivity contribution in [3.63, 3.8) is 0 Å². The van der Waals surface area contributed by atoms with E-state index in [1.807, 2.05) is 19.1 Å². The fraction of sp³-hybridized carbons (Fsp3) is 0.400. The Morgan fingerprint density at radius 1 is 1.53 bits per heavy atom. The fourth-order valence-electron chi connectivity index (χ4n) is 2.13. The Hall–Kier alpha value is -1.84. The Bertz CT molecular complexity index is 470. The highest BCUT2D eigenvalue weighted by molar-refractivity contribution is 5.80. The monoisotopic (exact) mass is 261 g/mol. The molecule has 2 rings (SSSR count). The van der Waals surface area contributed by atoms with Crippen molar-refractivity contribution < 1.29 is 4.39 Å². The largest absolute Gasteiger partial charge is 0.357 e. The van der Waals surface area contributed by atoms with Crippen LogP contribution < -0.4 is 10.6 Å². The normalized spacial score (nSPS) is 21.9. The number of nitrogens with one attached hydrogen (secondary N) is 2. The molecule has 1 aliphatic carbocycles. The predicted molar refractivity (Wildman–Crippen MR) is 76.9 cm³/mol. The molecule has 2 unspecified atom stereocenters. The van der Waals surface area contributed by atoms with E-state index in [1.165, 1.54) is 6.07 Å². The molecule has 0 bridgehead atoms. The second-order valence-corrected chi connectivity index (χ2v) is 4.62. The lowest BCUT2D eigenvalue weighted by Crippen LogP contribution is -2.39. The standard InChI is InChI=1S/C15H20FN3/c1-3-9-18-15(17-4-2)19-14-10-12(14)11-7-5-6-8-13(11)16/h3,5-8,12,14H,1,4,9-10H2,2H3,(H2,17,18,19). The maximum absolute atomic E-state index is 13.7. The van der Waals surface area contributed by atoms with Crippen molar-refractivity contribution in [3.8, 4) is 0 Å². The van der Waals surface area contributed by atoms with E-state index >= 15 is 0 Å². The number of benzene rings is 1. The lowest BCUT2D eigenvalue weighted by Gasteiger charge is -2.10. The van der Waals surface area contributed by atoms with Crippen molar-refractivity contribution in [2.45, 2.75) is 25.3 Å². The lowest BCUT2D eigenvalue weighted by molar-refractivity contribution is 0.608. The van der Waals surface area contributed by atoms with Crippen LogP contribution in [0.4, 0.5) is 4.39 Å². The Morgan fingerprint density at radius 2 is 2.32 bits per heavy atom. The molecular formula is C15H20FN3. The smallest absolute Gasteiger partial charge is 0.191 e. The number of rotatable bonds is 5. The zero-order valence-corrected chi connectivity index (χ0v) is 11.2. The number of hydrogen-bond acceptors (Lipinski definition) is 1. The summed E-state index contributed by atoms with van der Waals surface area (Å²) in [6, 6.07) is 7.24. The number of halogens is 1. The quantitative estimate of drug-likeness (QED) is 0.485. The van der Waals surface area contributed by atoms with Gasteiger partial charge in [0.1, 0.15) is 5.82 Å². The maximum atomic E-state index is 13.7. The van der Waals surface area contributed by atoms with Gasteiger partial charge in [0.25, 0.3) is 0 Å². The van der Waals surface area contributed by atoms with Crippen LogP contribution in [0.25, 0.3) is 0 Å². The Labute approximate surface area is 113 Å². The van der Waals surface area contributed by atoms with E-state index in [0.29, 0.717) is 6.54 Å². The number of hydrogen-bond donors (Lipinski definition) is 2. The molecule has 1 saturated carbocycles. The summed E-state index contributed by atoms with van der Waals surface area (Å²) in [6.07, 6.45) is 2.69. The predicted octanol–water partition coefficient (Wildman–Crippen LogP) is 2.42. The summed E-state index contributed by atoms with van der Waals surface area (Å²) in [6.45, 7) is 7.05. The minimum absolute atomic E-state index is 0.121. The molecule has 0 amide bonds. The van der Waals surface area contributed by atoms with Crippen LogP contribution in [0.2, 0.25) is 0 Å². The Balaban J connectivity index is 1.95. The Kier molecular flexibility index (Phi) is 4.55. The van der Waals surface area contributed by atoms with Gasteiger partial charge in [0.15, 0.2) is 5.96 Å². The molecule has 3 nitrogen and oxygen atoms in total. The third-order valence-electron chi connectivity index (χ3n) is 3.14. The van der Waals surface area contributed by atoms with E-state index in [0.717, 1.165) is 24.5 Å². The second-order valence-electron chi connectivity index (χ2n) is 4.62. The molecule has 102 valence electrons. The Morgan fingerprint density at radius 3 is 3.00 bits per heavy atom. The van der Waals surface area contributed by atoms with E-state index in [-0.39, 0.29) is 17.8 Å². The average Bonchev–Trinajstić information content (AvgIpc) is 3.16. The summed E-state index contributed by atoms with van der Waals surface area (Å²) in [5.41, 5.74) is 0.791. The van der Waals surface area contributed by atoms with Gasteiger partial charge in [-0.1, -0.05) is 24.3 Å². The van der Waals surface area contributed by atoms with Crippen molar-refractivity contribution in [1.29, 1.82) is 0 Å². The molecule has 0 spiro atoms. The first-order valence-electron chi connectivity index (χ1n) is 6.66. The maximum Gasteiger partial charge on any atom is 0.191 e. The van der Waals surface area contributed by atoms with Crippen molar-refractivity contribution in [2.24, 2.45) is 4.99 Å². The molecule has 0 heterocycles. The zero-order chi connectivity index (χ0) is 13.7. The summed E-state index contributed by atoms with van der Waals surface area (Å²) in [5, 5.41) is 6.50. The van der Waals surface area contributed by atoms with Crippen molar-refractivity contribution in [1.82, 2.24) is 10.6 Å². The molecule has 1 fully saturated rings. The van der Waals surface area contributed by atoms with Gasteiger partial charge in [-0.05, 0) is 25.0 Å². The van der Waals surface area contributed by atoms with Crippen molar-refractivity contribution >= 4 is 5.96 Å². The van der Waals surface area contributed by atoms with Gasteiger partial charge in [-0.15, -0.1) is 6.58 Å². The van der Waals surface area contributed by atoms with E-state index in [2.05, 4.69) is 22.2 Å². The van der Waals surface area contributed by atoms with Crippen LogP contribution >= 0.6 is 0 Å². The second kappa shape index (κ2) is 6.36. The topological polar surface area (TPSA) is 36.4 Å². The van der Waals surface area contributed by atoms with E-state index in [9.17, 15) is 4.39 Å². The highest BCUT2D eigenvalue weighted by atomic mass is 19.1. The van der Waals surface area contributed by atoms with Gasteiger partial charge in [0.05, 0.1) is 6.54 Å². The number of guanidine groups is 1. The number of nitrogens with zero attached hydrogens (tertiary/aromatic N) is 1. The number of aliphatic imine (C=N–C) groups is 1. The van der Waals surface area contributed by atoms with Gasteiger partial charge < -0.3 is 10.6 Å². The van der Waals surface area contributed by atoms with Crippen LogP contribution in [0.15, 0.2) is 41.9 Å². The first kappa shape index (κ1) is 13.6. The zero-order valence-electron chi connectivity index (χ0n) is 11.2. The average molecular weight is 261 g/mol. The SMILES string of the molecule is C=CCN=C(NCC)NC1CC1c1ccccc1F. The van der Waals surface area contributed by atoms with Gasteiger partial charge in [-0.3, -0.25) is 0 Å². The summed E-state index contributed by atoms with van der Waals surface area (Å²) < 4.78 is 13.7. The van der Waals surface area contributed by atoms with Crippen molar-refractivity contribution in [2.75, 3.05) is 13.1 Å². The summed E-state index contributed by atoms with van der Waals surface area (Å²) >= 11 is 0.